The van der Waals surface area contributed by atoms with Gasteiger partial charge in [0.05, 0.1) is 17.8 Å². The molecule has 1 rings (SSSR count). The van der Waals surface area contributed by atoms with Gasteiger partial charge in [0.2, 0.25) is 5.91 Å². The number of carbonyl (C=O) groups excluding carboxylic acids is 1. The molecule has 0 bridgehead atoms. The van der Waals surface area contributed by atoms with Gasteiger partial charge in [0, 0.05) is 0 Å². The number of rotatable bonds is 4. The fourth-order valence-electron chi connectivity index (χ4n) is 1.03. The minimum atomic E-state index is -1.57. The van der Waals surface area contributed by atoms with Crippen LogP contribution in [0.2, 0.25) is 0 Å². The molecule has 1 amide bonds. The van der Waals surface area contributed by atoms with Gasteiger partial charge in [0.1, 0.15) is 0 Å². The Bertz CT molecular complexity index is 449. The van der Waals surface area contributed by atoms with E-state index in [0.717, 1.165) is 12.1 Å². The van der Waals surface area contributed by atoms with Crippen LogP contribution in [0.4, 0.5) is 14.5 Å². The van der Waals surface area contributed by atoms with Crippen LogP contribution < -0.4 is 11.1 Å². The highest BCUT2D eigenvalue weighted by molar-refractivity contribution is 5.88. The number of primary amides is 1. The van der Waals surface area contributed by atoms with E-state index in [1.165, 1.54) is 0 Å². The molecule has 16 heavy (non-hydrogen) atoms. The first-order chi connectivity index (χ1) is 7.43. The highest BCUT2D eigenvalue weighted by Crippen LogP contribution is 2.20. The van der Waals surface area contributed by atoms with Gasteiger partial charge in [-0.25, -0.2) is 13.6 Å². The first-order valence-electron chi connectivity index (χ1n) is 4.17. The molecule has 0 aliphatic rings. The maximum atomic E-state index is 13.2. The number of nitrogens with one attached hydrogen (secondary N) is 1. The van der Waals surface area contributed by atoms with E-state index in [2.05, 4.69) is 5.32 Å². The van der Waals surface area contributed by atoms with Gasteiger partial charge in [0.25, 0.3) is 0 Å². The highest BCUT2D eigenvalue weighted by Gasteiger charge is 2.17. The molecule has 0 heterocycles. The zero-order valence-corrected chi connectivity index (χ0v) is 7.96. The van der Waals surface area contributed by atoms with Crippen molar-refractivity contribution in [2.45, 2.75) is 0 Å². The SMILES string of the molecule is NC(=O)CNc1ccc(C(=O)O)c(F)c1F. The van der Waals surface area contributed by atoms with Crippen LogP contribution in [-0.4, -0.2) is 23.5 Å². The van der Waals surface area contributed by atoms with Crippen molar-refractivity contribution in [3.05, 3.63) is 29.3 Å². The van der Waals surface area contributed by atoms with E-state index in [4.69, 9.17) is 10.8 Å². The molecule has 0 atom stereocenters. The maximum Gasteiger partial charge on any atom is 0.338 e. The molecule has 0 unspecified atom stereocenters. The molecule has 4 N–H and O–H groups in total. The standard InChI is InChI=1S/C9H8F2N2O3/c10-7-4(9(15)16)1-2-5(8(7)11)13-3-6(12)14/h1-2,13H,3H2,(H2,12,14)(H,15,16). The van der Waals surface area contributed by atoms with E-state index in [9.17, 15) is 18.4 Å². The van der Waals surface area contributed by atoms with Gasteiger partial charge < -0.3 is 16.2 Å². The van der Waals surface area contributed by atoms with Crippen molar-refractivity contribution >= 4 is 17.6 Å². The lowest BCUT2D eigenvalue weighted by Crippen LogP contribution is -2.22. The minimum Gasteiger partial charge on any atom is -0.478 e. The summed E-state index contributed by atoms with van der Waals surface area (Å²) in [7, 11) is 0. The highest BCUT2D eigenvalue weighted by atomic mass is 19.2. The number of anilines is 1. The lowest BCUT2D eigenvalue weighted by Gasteiger charge is -2.07. The van der Waals surface area contributed by atoms with Crippen LogP contribution in [0.5, 0.6) is 0 Å². The van der Waals surface area contributed by atoms with E-state index < -0.39 is 29.1 Å². The quantitative estimate of drug-likeness (QED) is 0.704. The Hall–Kier alpha value is -2.18. The number of halogens is 2. The number of carbonyl (C=O) groups is 2. The molecule has 0 saturated heterocycles. The molecular weight excluding hydrogens is 222 g/mol. The Labute approximate surface area is 88.9 Å². The third-order valence-corrected chi connectivity index (χ3v) is 1.77. The second kappa shape index (κ2) is 4.56. The Kier molecular flexibility index (Phi) is 3.39. The van der Waals surface area contributed by atoms with Crippen LogP contribution in [0.3, 0.4) is 0 Å². The first-order valence-corrected chi connectivity index (χ1v) is 4.17. The summed E-state index contributed by atoms with van der Waals surface area (Å²) in [5.41, 5.74) is 3.70. The lowest BCUT2D eigenvalue weighted by atomic mass is 10.2. The van der Waals surface area contributed by atoms with Crippen molar-refractivity contribution in [1.82, 2.24) is 0 Å². The molecule has 1 aromatic rings. The van der Waals surface area contributed by atoms with Gasteiger partial charge in [0.15, 0.2) is 11.6 Å². The number of carboxylic acids is 1. The summed E-state index contributed by atoms with van der Waals surface area (Å²) in [4.78, 5) is 20.8. The number of aromatic carboxylic acids is 1. The van der Waals surface area contributed by atoms with Crippen LogP contribution in [0.15, 0.2) is 12.1 Å². The average Bonchev–Trinajstić information content (AvgIpc) is 2.19. The molecule has 5 nitrogen and oxygen atoms in total. The summed E-state index contributed by atoms with van der Waals surface area (Å²) in [5, 5.41) is 10.7. The number of benzene rings is 1. The van der Waals surface area contributed by atoms with E-state index in [1.54, 1.807) is 0 Å². The van der Waals surface area contributed by atoms with Gasteiger partial charge in [-0.1, -0.05) is 0 Å². The Balaban J connectivity index is 3.02. The predicted molar refractivity (Wildman–Crippen MR) is 51.0 cm³/mol. The van der Waals surface area contributed by atoms with Crippen molar-refractivity contribution in [1.29, 1.82) is 0 Å². The van der Waals surface area contributed by atoms with Gasteiger partial charge >= 0.3 is 5.97 Å². The van der Waals surface area contributed by atoms with E-state index in [1.807, 2.05) is 0 Å². The summed E-state index contributed by atoms with van der Waals surface area (Å²) in [6.07, 6.45) is 0. The molecular formula is C9H8F2N2O3. The molecule has 86 valence electrons. The Morgan fingerprint density at radius 3 is 2.44 bits per heavy atom. The van der Waals surface area contributed by atoms with Crippen LogP contribution in [0.1, 0.15) is 10.4 Å². The fraction of sp³-hybridized carbons (Fsp3) is 0.111. The van der Waals surface area contributed by atoms with E-state index >= 15 is 0 Å². The summed E-state index contributed by atoms with van der Waals surface area (Å²) in [6, 6.07) is 1.91. The molecule has 0 aliphatic heterocycles. The number of carboxylic acid groups (broad SMARTS) is 1. The van der Waals surface area contributed by atoms with Crippen LogP contribution in [0, 0.1) is 11.6 Å². The van der Waals surface area contributed by atoms with Gasteiger partial charge in [-0.05, 0) is 12.1 Å². The molecule has 0 spiro atoms. The van der Waals surface area contributed by atoms with Gasteiger partial charge in [-0.2, -0.15) is 0 Å². The number of nitrogens with two attached hydrogens (primary N) is 1. The topological polar surface area (TPSA) is 92.4 Å². The molecule has 0 aliphatic carbocycles. The average molecular weight is 230 g/mol. The zero-order valence-electron chi connectivity index (χ0n) is 7.96. The molecule has 7 heteroatoms. The van der Waals surface area contributed by atoms with Crippen molar-refractivity contribution in [2.24, 2.45) is 5.73 Å². The van der Waals surface area contributed by atoms with Crippen LogP contribution >= 0.6 is 0 Å². The largest absolute Gasteiger partial charge is 0.478 e. The smallest absolute Gasteiger partial charge is 0.338 e. The second-order valence-corrected chi connectivity index (χ2v) is 2.91. The summed E-state index contributed by atoms with van der Waals surface area (Å²) in [5.74, 6) is -5.16. The molecule has 0 aromatic heterocycles. The molecule has 0 saturated carbocycles. The zero-order chi connectivity index (χ0) is 12.3. The van der Waals surface area contributed by atoms with Crippen LogP contribution in [-0.2, 0) is 4.79 Å². The van der Waals surface area contributed by atoms with E-state index in [-0.39, 0.29) is 12.2 Å². The molecule has 0 radical (unpaired) electrons. The lowest BCUT2D eigenvalue weighted by molar-refractivity contribution is -0.116. The third-order valence-electron chi connectivity index (χ3n) is 1.77. The molecule has 0 fully saturated rings. The van der Waals surface area contributed by atoms with Gasteiger partial charge in [-0.3, -0.25) is 4.79 Å². The number of hydrogen-bond acceptors (Lipinski definition) is 3. The number of amides is 1. The summed E-state index contributed by atoms with van der Waals surface area (Å²) >= 11 is 0. The van der Waals surface area contributed by atoms with E-state index in [0.29, 0.717) is 0 Å². The summed E-state index contributed by atoms with van der Waals surface area (Å²) < 4.78 is 26.3. The minimum absolute atomic E-state index is 0.318. The molecule has 1 aromatic carbocycles. The number of hydrogen-bond donors (Lipinski definition) is 3. The maximum absolute atomic E-state index is 13.2. The van der Waals surface area contributed by atoms with Crippen molar-refractivity contribution in [3.8, 4) is 0 Å². The first kappa shape index (κ1) is 11.9. The van der Waals surface area contributed by atoms with Crippen molar-refractivity contribution in [3.63, 3.8) is 0 Å². The Morgan fingerprint density at radius 2 is 1.94 bits per heavy atom. The fourth-order valence-corrected chi connectivity index (χ4v) is 1.03. The van der Waals surface area contributed by atoms with Crippen molar-refractivity contribution < 1.29 is 23.5 Å². The van der Waals surface area contributed by atoms with Gasteiger partial charge in [-0.15, -0.1) is 0 Å². The summed E-state index contributed by atoms with van der Waals surface area (Å²) in [6.45, 7) is -0.372. The third kappa shape index (κ3) is 2.44. The van der Waals surface area contributed by atoms with Crippen molar-refractivity contribution in [2.75, 3.05) is 11.9 Å². The predicted octanol–water partition coefficient (Wildman–Crippen LogP) is 0.560. The second-order valence-electron chi connectivity index (χ2n) is 2.91. The van der Waals surface area contributed by atoms with Crippen LogP contribution in [0.25, 0.3) is 0 Å². The monoisotopic (exact) mass is 230 g/mol. The normalized spacial score (nSPS) is 9.88. The Morgan fingerprint density at radius 1 is 1.31 bits per heavy atom.